The van der Waals surface area contributed by atoms with E-state index in [4.69, 9.17) is 4.42 Å². The molecule has 74 valence electrons. The molecule has 0 bridgehead atoms. The van der Waals surface area contributed by atoms with Gasteiger partial charge >= 0.3 is 0 Å². The monoisotopic (exact) mass is 191 g/mol. The van der Waals surface area contributed by atoms with Crippen molar-refractivity contribution in [3.63, 3.8) is 0 Å². The van der Waals surface area contributed by atoms with Crippen LogP contribution in [0.2, 0.25) is 0 Å². The fraction of sp³-hybridized carbons (Fsp3) is 0.545. The van der Waals surface area contributed by atoms with Crippen molar-refractivity contribution >= 4 is 5.57 Å². The Morgan fingerprint density at radius 2 is 2.21 bits per heavy atom. The minimum absolute atomic E-state index is 0.292. The number of aromatic nitrogens is 1. The first kappa shape index (κ1) is 8.24. The Morgan fingerprint density at radius 3 is 2.86 bits per heavy atom. The van der Waals surface area contributed by atoms with Gasteiger partial charge in [0, 0.05) is 5.92 Å². The third kappa shape index (κ3) is 1.38. The van der Waals surface area contributed by atoms with Crippen molar-refractivity contribution in [2.75, 3.05) is 0 Å². The van der Waals surface area contributed by atoms with E-state index in [0.29, 0.717) is 5.92 Å². The van der Waals surface area contributed by atoms with E-state index in [2.05, 4.69) is 4.98 Å². The molecule has 1 fully saturated rings. The highest BCUT2D eigenvalue weighted by Crippen LogP contribution is 2.40. The molecular weight excluding hydrogens is 178 g/mol. The Labute approximate surface area is 82.5 Å². The molecular formula is C11H13NO2. The summed E-state index contributed by atoms with van der Waals surface area (Å²) in [6, 6.07) is 0. The van der Waals surface area contributed by atoms with Crippen LogP contribution in [0, 0.1) is 0 Å². The smallest absolute Gasteiger partial charge is 0.197 e. The van der Waals surface area contributed by atoms with Crippen molar-refractivity contribution in [1.29, 1.82) is 0 Å². The molecule has 1 unspecified atom stereocenters. The van der Waals surface area contributed by atoms with E-state index < -0.39 is 0 Å². The van der Waals surface area contributed by atoms with Crippen LogP contribution in [-0.4, -0.2) is 16.2 Å². The maximum absolute atomic E-state index is 9.35. The van der Waals surface area contributed by atoms with Gasteiger partial charge in [-0.25, -0.2) is 4.98 Å². The number of allylic oxidation sites excluding steroid dienone is 1. The van der Waals surface area contributed by atoms with E-state index in [1.165, 1.54) is 12.8 Å². The van der Waals surface area contributed by atoms with Crippen LogP contribution >= 0.6 is 0 Å². The van der Waals surface area contributed by atoms with Crippen molar-refractivity contribution in [3.05, 3.63) is 23.9 Å². The zero-order valence-electron chi connectivity index (χ0n) is 7.94. The second-order valence-electron chi connectivity index (χ2n) is 4.13. The van der Waals surface area contributed by atoms with Crippen LogP contribution in [-0.2, 0) is 0 Å². The van der Waals surface area contributed by atoms with Gasteiger partial charge in [-0.3, -0.25) is 0 Å². The summed E-state index contributed by atoms with van der Waals surface area (Å²) < 4.78 is 5.65. The standard InChI is InChI=1S/C11H13NO2/c13-9-4-3-8(5-9)10-6-12-11(14-10)7-1-2-7/h5-7,9,13H,1-4H2. The Morgan fingerprint density at radius 1 is 1.36 bits per heavy atom. The van der Waals surface area contributed by atoms with E-state index in [1.54, 1.807) is 6.20 Å². The van der Waals surface area contributed by atoms with Crippen LogP contribution in [0.15, 0.2) is 16.7 Å². The van der Waals surface area contributed by atoms with Gasteiger partial charge in [0.2, 0.25) is 0 Å². The molecule has 2 aliphatic carbocycles. The van der Waals surface area contributed by atoms with Gasteiger partial charge in [0.15, 0.2) is 5.89 Å². The first-order valence-corrected chi connectivity index (χ1v) is 5.18. The molecule has 1 saturated carbocycles. The van der Waals surface area contributed by atoms with E-state index in [0.717, 1.165) is 30.1 Å². The minimum atomic E-state index is -0.292. The van der Waals surface area contributed by atoms with Gasteiger partial charge in [-0.15, -0.1) is 0 Å². The normalized spacial score (nSPS) is 26.6. The predicted molar refractivity (Wildman–Crippen MR) is 51.7 cm³/mol. The van der Waals surface area contributed by atoms with Gasteiger partial charge in [-0.05, 0) is 37.3 Å². The van der Waals surface area contributed by atoms with Gasteiger partial charge in [0.05, 0.1) is 12.3 Å². The summed E-state index contributed by atoms with van der Waals surface area (Å²) in [5.41, 5.74) is 1.11. The number of aliphatic hydroxyl groups excluding tert-OH is 1. The van der Waals surface area contributed by atoms with Crippen molar-refractivity contribution in [2.45, 2.75) is 37.7 Å². The Kier molecular flexibility index (Phi) is 1.74. The predicted octanol–water partition coefficient (Wildman–Crippen LogP) is 2.09. The highest BCUT2D eigenvalue weighted by Gasteiger charge is 2.29. The Bertz CT molecular complexity index is 376. The van der Waals surface area contributed by atoms with Gasteiger partial charge < -0.3 is 9.52 Å². The molecule has 0 aromatic carbocycles. The molecule has 0 aliphatic heterocycles. The molecule has 0 saturated heterocycles. The van der Waals surface area contributed by atoms with E-state index >= 15 is 0 Å². The summed E-state index contributed by atoms with van der Waals surface area (Å²) in [6.07, 6.45) is 7.51. The number of rotatable bonds is 2. The highest BCUT2D eigenvalue weighted by molar-refractivity contribution is 5.63. The molecule has 0 spiro atoms. The third-order valence-corrected chi connectivity index (χ3v) is 2.87. The average Bonchev–Trinajstić information content (AvgIpc) is 2.76. The molecule has 3 nitrogen and oxygen atoms in total. The maximum Gasteiger partial charge on any atom is 0.197 e. The summed E-state index contributed by atoms with van der Waals surface area (Å²) in [5, 5.41) is 9.35. The van der Waals surface area contributed by atoms with Gasteiger partial charge in [-0.2, -0.15) is 0 Å². The molecule has 14 heavy (non-hydrogen) atoms. The lowest BCUT2D eigenvalue weighted by Crippen LogP contribution is -1.93. The van der Waals surface area contributed by atoms with Gasteiger partial charge in [0.25, 0.3) is 0 Å². The molecule has 1 aromatic heterocycles. The molecule has 2 aliphatic rings. The number of aliphatic hydroxyl groups is 1. The lowest BCUT2D eigenvalue weighted by Gasteiger charge is -1.93. The summed E-state index contributed by atoms with van der Waals surface area (Å²) in [4.78, 5) is 4.26. The number of nitrogens with zero attached hydrogens (tertiary/aromatic N) is 1. The first-order chi connectivity index (χ1) is 6.83. The number of hydrogen-bond acceptors (Lipinski definition) is 3. The topological polar surface area (TPSA) is 46.3 Å². The first-order valence-electron chi connectivity index (χ1n) is 5.18. The second-order valence-corrected chi connectivity index (χ2v) is 4.13. The van der Waals surface area contributed by atoms with Crippen LogP contribution < -0.4 is 0 Å². The lowest BCUT2D eigenvalue weighted by atomic mass is 10.2. The zero-order valence-corrected chi connectivity index (χ0v) is 7.94. The molecule has 0 amide bonds. The van der Waals surface area contributed by atoms with E-state index in [1.807, 2.05) is 6.08 Å². The van der Waals surface area contributed by atoms with Crippen LogP contribution in [0.4, 0.5) is 0 Å². The molecule has 3 heteroatoms. The van der Waals surface area contributed by atoms with Gasteiger partial charge in [0.1, 0.15) is 5.76 Å². The molecule has 1 N–H and O–H groups in total. The summed E-state index contributed by atoms with van der Waals surface area (Å²) >= 11 is 0. The second kappa shape index (κ2) is 2.95. The Hall–Kier alpha value is -1.09. The van der Waals surface area contributed by atoms with Gasteiger partial charge in [-0.1, -0.05) is 0 Å². The Balaban J connectivity index is 1.85. The van der Waals surface area contributed by atoms with Crippen LogP contribution in [0.1, 0.15) is 43.3 Å². The van der Waals surface area contributed by atoms with E-state index in [9.17, 15) is 5.11 Å². The van der Waals surface area contributed by atoms with E-state index in [-0.39, 0.29) is 6.10 Å². The quantitative estimate of drug-likeness (QED) is 0.778. The van der Waals surface area contributed by atoms with Crippen molar-refractivity contribution in [3.8, 4) is 0 Å². The van der Waals surface area contributed by atoms with Crippen molar-refractivity contribution in [2.24, 2.45) is 0 Å². The van der Waals surface area contributed by atoms with Crippen LogP contribution in [0.3, 0.4) is 0 Å². The molecule has 1 atom stereocenters. The highest BCUT2D eigenvalue weighted by atomic mass is 16.4. The SMILES string of the molecule is OC1C=C(c2cnc(C3CC3)o2)CC1. The fourth-order valence-corrected chi connectivity index (χ4v) is 1.86. The largest absolute Gasteiger partial charge is 0.441 e. The molecule has 0 radical (unpaired) electrons. The van der Waals surface area contributed by atoms with Crippen LogP contribution in [0.5, 0.6) is 0 Å². The number of hydrogen-bond donors (Lipinski definition) is 1. The molecule has 1 aromatic rings. The molecule has 3 rings (SSSR count). The average molecular weight is 191 g/mol. The number of oxazole rings is 1. The fourth-order valence-electron chi connectivity index (χ4n) is 1.86. The third-order valence-electron chi connectivity index (χ3n) is 2.87. The summed E-state index contributed by atoms with van der Waals surface area (Å²) in [6.45, 7) is 0. The summed E-state index contributed by atoms with van der Waals surface area (Å²) in [7, 11) is 0. The van der Waals surface area contributed by atoms with Crippen LogP contribution in [0.25, 0.3) is 5.57 Å². The zero-order chi connectivity index (χ0) is 9.54. The minimum Gasteiger partial charge on any atom is -0.441 e. The van der Waals surface area contributed by atoms with Crippen molar-refractivity contribution < 1.29 is 9.52 Å². The maximum atomic E-state index is 9.35. The lowest BCUT2D eigenvalue weighted by molar-refractivity contribution is 0.223. The molecule has 1 heterocycles. The summed E-state index contributed by atoms with van der Waals surface area (Å²) in [5.74, 6) is 2.29. The van der Waals surface area contributed by atoms with Crippen molar-refractivity contribution in [1.82, 2.24) is 4.98 Å².